The molecule has 0 spiro atoms. The van der Waals surface area contributed by atoms with Crippen molar-refractivity contribution in [1.82, 2.24) is 9.97 Å². The molecule has 0 amide bonds. The molecule has 1 N–H and O–H groups in total. The molecule has 1 saturated carbocycles. The van der Waals surface area contributed by atoms with Gasteiger partial charge in [0, 0.05) is 18.4 Å². The molecule has 0 aliphatic heterocycles. The predicted molar refractivity (Wildman–Crippen MR) is 84.2 cm³/mol. The van der Waals surface area contributed by atoms with Crippen molar-refractivity contribution in [2.75, 3.05) is 11.9 Å². The van der Waals surface area contributed by atoms with Crippen molar-refractivity contribution >= 4 is 28.4 Å². The molecule has 1 heterocycles. The van der Waals surface area contributed by atoms with Gasteiger partial charge < -0.3 is 5.32 Å². The van der Waals surface area contributed by atoms with Crippen LogP contribution in [-0.2, 0) is 0 Å². The minimum Gasteiger partial charge on any atom is -0.369 e. The van der Waals surface area contributed by atoms with E-state index in [0.29, 0.717) is 11.8 Å². The molecule has 0 aromatic carbocycles. The molecule has 0 atom stereocenters. The minimum atomic E-state index is 0.388. The molecule has 2 rings (SSSR count). The Morgan fingerprint density at radius 3 is 2.50 bits per heavy atom. The predicted octanol–water partition coefficient (Wildman–Crippen LogP) is 4.29. The van der Waals surface area contributed by atoms with Crippen LogP contribution in [0.25, 0.3) is 0 Å². The van der Waals surface area contributed by atoms with Crippen LogP contribution in [-0.4, -0.2) is 16.5 Å². The Hall–Kier alpha value is -0.390. The number of hydrogen-bond acceptors (Lipinski definition) is 3. The molecule has 0 unspecified atom stereocenters. The van der Waals surface area contributed by atoms with Gasteiger partial charge in [0.2, 0.25) is 0 Å². The highest BCUT2D eigenvalue weighted by atomic mass is 127. The molecule has 1 aromatic rings. The van der Waals surface area contributed by atoms with Gasteiger partial charge in [-0.1, -0.05) is 26.7 Å². The zero-order chi connectivity index (χ0) is 13.1. The lowest BCUT2D eigenvalue weighted by atomic mass is 10.0. The van der Waals surface area contributed by atoms with Crippen molar-refractivity contribution in [3.05, 3.63) is 15.1 Å². The molecule has 1 aliphatic rings. The molecule has 1 fully saturated rings. The SMILES string of the molecule is CCNc1nc(C(C)C)nc(C2CCCC2)c1I. The molecule has 18 heavy (non-hydrogen) atoms. The fourth-order valence-corrected chi connectivity index (χ4v) is 3.37. The van der Waals surface area contributed by atoms with Gasteiger partial charge in [-0.3, -0.25) is 0 Å². The number of anilines is 1. The van der Waals surface area contributed by atoms with Gasteiger partial charge in [-0.05, 0) is 42.4 Å². The van der Waals surface area contributed by atoms with E-state index in [1.807, 2.05) is 0 Å². The topological polar surface area (TPSA) is 37.8 Å². The monoisotopic (exact) mass is 359 g/mol. The van der Waals surface area contributed by atoms with Crippen molar-refractivity contribution in [3.8, 4) is 0 Å². The number of hydrogen-bond donors (Lipinski definition) is 1. The highest BCUT2D eigenvalue weighted by Crippen LogP contribution is 2.37. The summed E-state index contributed by atoms with van der Waals surface area (Å²) in [5.41, 5.74) is 1.28. The Morgan fingerprint density at radius 1 is 1.28 bits per heavy atom. The third-order valence-corrected chi connectivity index (χ3v) is 4.56. The molecule has 3 nitrogen and oxygen atoms in total. The second-order valence-corrected chi connectivity index (χ2v) is 6.37. The second kappa shape index (κ2) is 6.17. The zero-order valence-corrected chi connectivity index (χ0v) is 13.6. The largest absolute Gasteiger partial charge is 0.369 e. The first-order chi connectivity index (χ1) is 8.63. The van der Waals surface area contributed by atoms with Gasteiger partial charge in [-0.25, -0.2) is 9.97 Å². The maximum atomic E-state index is 4.84. The number of aromatic nitrogens is 2. The van der Waals surface area contributed by atoms with E-state index >= 15 is 0 Å². The Morgan fingerprint density at radius 2 is 1.94 bits per heavy atom. The summed E-state index contributed by atoms with van der Waals surface area (Å²) < 4.78 is 1.23. The Kier molecular flexibility index (Phi) is 4.81. The van der Waals surface area contributed by atoms with Crippen LogP contribution in [0.15, 0.2) is 0 Å². The van der Waals surface area contributed by atoms with Gasteiger partial charge >= 0.3 is 0 Å². The van der Waals surface area contributed by atoms with Crippen molar-refractivity contribution < 1.29 is 0 Å². The summed E-state index contributed by atoms with van der Waals surface area (Å²) in [6, 6.07) is 0. The van der Waals surface area contributed by atoms with E-state index in [2.05, 4.69) is 53.7 Å². The average Bonchev–Trinajstić information content (AvgIpc) is 2.85. The van der Waals surface area contributed by atoms with Crippen LogP contribution in [0, 0.1) is 3.57 Å². The summed E-state index contributed by atoms with van der Waals surface area (Å²) >= 11 is 2.41. The lowest BCUT2D eigenvalue weighted by molar-refractivity contribution is 0.664. The lowest BCUT2D eigenvalue weighted by Gasteiger charge is -2.17. The van der Waals surface area contributed by atoms with E-state index in [1.54, 1.807) is 0 Å². The quantitative estimate of drug-likeness (QED) is 0.815. The second-order valence-electron chi connectivity index (χ2n) is 5.30. The first-order valence-corrected chi connectivity index (χ1v) is 8.02. The molecular weight excluding hydrogens is 337 g/mol. The van der Waals surface area contributed by atoms with Gasteiger partial charge in [-0.15, -0.1) is 0 Å². The van der Waals surface area contributed by atoms with Crippen LogP contribution < -0.4 is 5.32 Å². The molecule has 1 aromatic heterocycles. The summed E-state index contributed by atoms with van der Waals surface area (Å²) in [5.74, 6) is 3.04. The highest BCUT2D eigenvalue weighted by molar-refractivity contribution is 14.1. The van der Waals surface area contributed by atoms with Crippen LogP contribution in [0.2, 0.25) is 0 Å². The summed E-state index contributed by atoms with van der Waals surface area (Å²) in [5, 5.41) is 3.38. The maximum Gasteiger partial charge on any atom is 0.143 e. The number of nitrogens with zero attached hydrogens (tertiary/aromatic N) is 2. The highest BCUT2D eigenvalue weighted by Gasteiger charge is 2.24. The molecule has 100 valence electrons. The van der Waals surface area contributed by atoms with Gasteiger partial charge in [0.05, 0.1) is 9.26 Å². The zero-order valence-electron chi connectivity index (χ0n) is 11.5. The Bertz CT molecular complexity index is 412. The van der Waals surface area contributed by atoms with E-state index in [1.165, 1.54) is 34.9 Å². The Labute approximate surface area is 123 Å². The summed E-state index contributed by atoms with van der Waals surface area (Å²) in [4.78, 5) is 9.50. The van der Waals surface area contributed by atoms with Crippen molar-refractivity contribution in [2.45, 2.75) is 58.3 Å². The van der Waals surface area contributed by atoms with E-state index in [4.69, 9.17) is 4.98 Å². The fourth-order valence-electron chi connectivity index (χ4n) is 2.49. The van der Waals surface area contributed by atoms with Gasteiger partial charge in [0.1, 0.15) is 11.6 Å². The average molecular weight is 359 g/mol. The fraction of sp³-hybridized carbons (Fsp3) is 0.714. The Balaban J connectivity index is 2.41. The van der Waals surface area contributed by atoms with Crippen LogP contribution in [0.1, 0.15) is 69.8 Å². The molecule has 0 bridgehead atoms. The van der Waals surface area contributed by atoms with Crippen LogP contribution in [0.3, 0.4) is 0 Å². The summed E-state index contributed by atoms with van der Waals surface area (Å²) in [6.07, 6.45) is 5.27. The minimum absolute atomic E-state index is 0.388. The first kappa shape index (κ1) is 14.0. The third-order valence-electron chi connectivity index (χ3n) is 3.50. The molecule has 0 radical (unpaired) electrons. The van der Waals surface area contributed by atoms with Gasteiger partial charge in [0.15, 0.2) is 0 Å². The third kappa shape index (κ3) is 2.95. The number of rotatable bonds is 4. The van der Waals surface area contributed by atoms with Gasteiger partial charge in [0.25, 0.3) is 0 Å². The molecule has 1 aliphatic carbocycles. The smallest absolute Gasteiger partial charge is 0.143 e. The van der Waals surface area contributed by atoms with Crippen molar-refractivity contribution in [2.24, 2.45) is 0 Å². The van der Waals surface area contributed by atoms with E-state index in [9.17, 15) is 0 Å². The number of nitrogens with one attached hydrogen (secondary N) is 1. The standard InChI is InChI=1S/C14H22IN3/c1-4-16-14-11(15)12(10-7-5-6-8-10)17-13(18-14)9(2)3/h9-10H,4-8H2,1-3H3,(H,16,17,18). The normalized spacial score (nSPS) is 16.5. The van der Waals surface area contributed by atoms with E-state index in [0.717, 1.165) is 18.2 Å². The summed E-state index contributed by atoms with van der Waals surface area (Å²) in [6.45, 7) is 7.35. The van der Waals surface area contributed by atoms with Crippen LogP contribution in [0.5, 0.6) is 0 Å². The summed E-state index contributed by atoms with van der Waals surface area (Å²) in [7, 11) is 0. The number of halogens is 1. The van der Waals surface area contributed by atoms with Crippen LogP contribution in [0.4, 0.5) is 5.82 Å². The van der Waals surface area contributed by atoms with Crippen molar-refractivity contribution in [3.63, 3.8) is 0 Å². The first-order valence-electron chi connectivity index (χ1n) is 6.94. The maximum absolute atomic E-state index is 4.84. The van der Waals surface area contributed by atoms with E-state index < -0.39 is 0 Å². The molecule has 0 saturated heterocycles. The lowest BCUT2D eigenvalue weighted by Crippen LogP contribution is -2.12. The van der Waals surface area contributed by atoms with Crippen molar-refractivity contribution in [1.29, 1.82) is 0 Å². The van der Waals surface area contributed by atoms with E-state index in [-0.39, 0.29) is 0 Å². The molecular formula is C14H22IN3. The van der Waals surface area contributed by atoms with Crippen LogP contribution >= 0.6 is 22.6 Å². The van der Waals surface area contributed by atoms with Gasteiger partial charge in [-0.2, -0.15) is 0 Å². The molecule has 4 heteroatoms.